The summed E-state index contributed by atoms with van der Waals surface area (Å²) < 4.78 is 54.4. The highest BCUT2D eigenvalue weighted by Gasteiger charge is 2.26. The number of rotatable bonds is 7. The van der Waals surface area contributed by atoms with E-state index in [0.717, 1.165) is 59.2 Å². The van der Waals surface area contributed by atoms with E-state index in [9.17, 15) is 16.8 Å². The first kappa shape index (κ1) is 22.1. The zero-order valence-corrected chi connectivity index (χ0v) is 19.3. The molecule has 7 nitrogen and oxygen atoms in total. The monoisotopic (exact) mass is 457 g/mol. The molecule has 1 saturated heterocycles. The SMILES string of the molecule is CCc1cccc(NS(=O)(=O)c2ccc(S(=O)(=O)N(C)C)s2)c1N1CCCCC1. The van der Waals surface area contributed by atoms with Crippen LogP contribution in [0.2, 0.25) is 0 Å². The fourth-order valence-electron chi connectivity index (χ4n) is 3.41. The van der Waals surface area contributed by atoms with Gasteiger partial charge in [-0.3, -0.25) is 4.72 Å². The summed E-state index contributed by atoms with van der Waals surface area (Å²) in [4.78, 5) is 2.25. The highest BCUT2D eigenvalue weighted by atomic mass is 32.3. The minimum Gasteiger partial charge on any atom is -0.370 e. The minimum absolute atomic E-state index is 0.00133. The van der Waals surface area contributed by atoms with E-state index in [0.29, 0.717) is 5.69 Å². The molecule has 0 amide bonds. The van der Waals surface area contributed by atoms with E-state index in [1.807, 2.05) is 12.1 Å². The number of nitrogens with zero attached hydrogens (tertiary/aromatic N) is 2. The lowest BCUT2D eigenvalue weighted by Crippen LogP contribution is -2.31. The van der Waals surface area contributed by atoms with Crippen LogP contribution < -0.4 is 9.62 Å². The summed E-state index contributed by atoms with van der Waals surface area (Å²) in [6.45, 7) is 3.85. The van der Waals surface area contributed by atoms with Crippen LogP contribution in [-0.4, -0.2) is 48.3 Å². The number of thiophene rings is 1. The Morgan fingerprint density at radius 1 is 1.00 bits per heavy atom. The van der Waals surface area contributed by atoms with Crippen LogP contribution in [0.25, 0.3) is 0 Å². The predicted molar refractivity (Wildman–Crippen MR) is 118 cm³/mol. The molecule has 0 bridgehead atoms. The topological polar surface area (TPSA) is 86.8 Å². The van der Waals surface area contributed by atoms with Gasteiger partial charge in [0.05, 0.1) is 11.4 Å². The van der Waals surface area contributed by atoms with Gasteiger partial charge in [-0.05, 0) is 49.4 Å². The molecule has 0 radical (unpaired) electrons. The predicted octanol–water partition coefficient (Wildman–Crippen LogP) is 3.35. The van der Waals surface area contributed by atoms with Crippen LogP contribution in [0, 0.1) is 0 Å². The zero-order chi connectivity index (χ0) is 21.2. The maximum absolute atomic E-state index is 13.0. The molecule has 1 aliphatic rings. The van der Waals surface area contributed by atoms with E-state index >= 15 is 0 Å². The number of nitrogens with one attached hydrogen (secondary N) is 1. The summed E-state index contributed by atoms with van der Waals surface area (Å²) >= 11 is 0.752. The fraction of sp³-hybridized carbons (Fsp3) is 0.474. The highest BCUT2D eigenvalue weighted by molar-refractivity contribution is 7.96. The molecular formula is C19H27N3O4S3. The van der Waals surface area contributed by atoms with Crippen molar-refractivity contribution >= 4 is 42.8 Å². The van der Waals surface area contributed by atoms with Crippen molar-refractivity contribution in [3.05, 3.63) is 35.9 Å². The van der Waals surface area contributed by atoms with Crippen molar-refractivity contribution in [2.75, 3.05) is 36.8 Å². The first-order valence-corrected chi connectivity index (χ1v) is 13.3. The molecule has 1 N–H and O–H groups in total. The Balaban J connectivity index is 1.96. The molecule has 0 unspecified atom stereocenters. The molecule has 1 aliphatic heterocycles. The lowest BCUT2D eigenvalue weighted by atomic mass is 10.0. The van der Waals surface area contributed by atoms with Gasteiger partial charge in [0, 0.05) is 27.2 Å². The molecule has 10 heteroatoms. The van der Waals surface area contributed by atoms with E-state index in [2.05, 4.69) is 16.5 Å². The van der Waals surface area contributed by atoms with Crippen LogP contribution in [0.1, 0.15) is 31.7 Å². The third-order valence-electron chi connectivity index (χ3n) is 4.97. The Hall–Kier alpha value is -1.62. The van der Waals surface area contributed by atoms with E-state index < -0.39 is 20.0 Å². The molecule has 1 aromatic carbocycles. The van der Waals surface area contributed by atoms with Crippen LogP contribution >= 0.6 is 11.3 Å². The third-order valence-corrected chi connectivity index (χ3v) is 10.2. The van der Waals surface area contributed by atoms with Crippen LogP contribution in [0.15, 0.2) is 38.8 Å². The highest BCUT2D eigenvalue weighted by Crippen LogP contribution is 2.35. The van der Waals surface area contributed by atoms with Gasteiger partial charge < -0.3 is 4.90 Å². The number of piperidine rings is 1. The van der Waals surface area contributed by atoms with Crippen molar-refractivity contribution in [1.29, 1.82) is 0 Å². The second kappa shape index (κ2) is 8.63. The van der Waals surface area contributed by atoms with Gasteiger partial charge in [-0.1, -0.05) is 19.1 Å². The van der Waals surface area contributed by atoms with Crippen LogP contribution in [0.4, 0.5) is 11.4 Å². The maximum atomic E-state index is 13.0. The van der Waals surface area contributed by atoms with Crippen molar-refractivity contribution in [2.45, 2.75) is 41.0 Å². The lowest BCUT2D eigenvalue weighted by Gasteiger charge is -2.32. The quantitative estimate of drug-likeness (QED) is 0.689. The molecule has 0 atom stereocenters. The van der Waals surface area contributed by atoms with E-state index in [4.69, 9.17) is 0 Å². The van der Waals surface area contributed by atoms with Gasteiger partial charge in [-0.2, -0.15) is 0 Å². The van der Waals surface area contributed by atoms with E-state index in [1.54, 1.807) is 6.07 Å². The van der Waals surface area contributed by atoms with Gasteiger partial charge in [0.2, 0.25) is 0 Å². The summed E-state index contributed by atoms with van der Waals surface area (Å²) in [6.07, 6.45) is 4.15. The van der Waals surface area contributed by atoms with Crippen molar-refractivity contribution in [3.8, 4) is 0 Å². The molecule has 0 spiro atoms. The van der Waals surface area contributed by atoms with Crippen molar-refractivity contribution in [3.63, 3.8) is 0 Å². The molecule has 160 valence electrons. The first-order valence-electron chi connectivity index (χ1n) is 9.59. The van der Waals surface area contributed by atoms with Crippen LogP contribution in [0.3, 0.4) is 0 Å². The smallest absolute Gasteiger partial charge is 0.271 e. The summed E-state index contributed by atoms with van der Waals surface area (Å²) in [5, 5.41) is 0. The Bertz CT molecular complexity index is 1070. The number of anilines is 2. The summed E-state index contributed by atoms with van der Waals surface area (Å²) in [5.41, 5.74) is 2.56. The summed E-state index contributed by atoms with van der Waals surface area (Å²) in [5.74, 6) is 0. The van der Waals surface area contributed by atoms with E-state index in [1.165, 1.54) is 32.6 Å². The number of hydrogen-bond acceptors (Lipinski definition) is 6. The van der Waals surface area contributed by atoms with Gasteiger partial charge in [-0.25, -0.2) is 21.1 Å². The molecule has 3 rings (SSSR count). The molecule has 2 heterocycles. The second-order valence-electron chi connectivity index (χ2n) is 7.18. The average Bonchev–Trinajstić information content (AvgIpc) is 3.20. The number of para-hydroxylation sites is 1. The van der Waals surface area contributed by atoms with Gasteiger partial charge in [0.25, 0.3) is 20.0 Å². The Morgan fingerprint density at radius 3 is 2.28 bits per heavy atom. The number of benzene rings is 1. The Kier molecular flexibility index (Phi) is 6.57. The van der Waals surface area contributed by atoms with Crippen LogP contribution in [-0.2, 0) is 26.5 Å². The molecule has 2 aromatic rings. The van der Waals surface area contributed by atoms with Crippen molar-refractivity contribution in [1.82, 2.24) is 4.31 Å². The molecule has 29 heavy (non-hydrogen) atoms. The van der Waals surface area contributed by atoms with Gasteiger partial charge in [-0.15, -0.1) is 11.3 Å². The largest absolute Gasteiger partial charge is 0.370 e. The minimum atomic E-state index is -3.91. The van der Waals surface area contributed by atoms with E-state index in [-0.39, 0.29) is 8.42 Å². The lowest BCUT2D eigenvalue weighted by molar-refractivity contribution is 0.523. The number of aryl methyl sites for hydroxylation is 1. The van der Waals surface area contributed by atoms with Gasteiger partial charge in [0.1, 0.15) is 8.42 Å². The summed E-state index contributed by atoms with van der Waals surface area (Å²) in [7, 11) is -4.74. The number of sulfonamides is 2. The summed E-state index contributed by atoms with van der Waals surface area (Å²) in [6, 6.07) is 8.32. The second-order valence-corrected chi connectivity index (χ2v) is 12.6. The standard InChI is InChI=1S/C19H27N3O4S3/c1-4-15-9-8-10-16(19(15)22-13-6-5-7-14-22)20-28(23,24)17-11-12-18(27-17)29(25,26)21(2)3/h8-12,20H,4-7,13-14H2,1-3H3. The normalized spacial score (nSPS) is 15.7. The first-order chi connectivity index (χ1) is 13.7. The van der Waals surface area contributed by atoms with Crippen molar-refractivity contribution in [2.24, 2.45) is 0 Å². The molecule has 1 aromatic heterocycles. The molecule has 0 saturated carbocycles. The maximum Gasteiger partial charge on any atom is 0.271 e. The van der Waals surface area contributed by atoms with Crippen LogP contribution in [0.5, 0.6) is 0 Å². The van der Waals surface area contributed by atoms with Gasteiger partial charge >= 0.3 is 0 Å². The average molecular weight is 458 g/mol. The molecular weight excluding hydrogens is 430 g/mol. The third kappa shape index (κ3) is 4.60. The number of hydrogen-bond donors (Lipinski definition) is 1. The Morgan fingerprint density at radius 2 is 1.66 bits per heavy atom. The Labute approximate surface area is 177 Å². The van der Waals surface area contributed by atoms with Crippen molar-refractivity contribution < 1.29 is 16.8 Å². The molecule has 0 aliphatic carbocycles. The fourth-order valence-corrected chi connectivity index (χ4v) is 7.41. The zero-order valence-electron chi connectivity index (χ0n) is 16.9. The molecule has 1 fully saturated rings. The van der Waals surface area contributed by atoms with Gasteiger partial charge in [0.15, 0.2) is 0 Å².